The largest absolute Gasteiger partial charge is 0.872 e. The van der Waals surface area contributed by atoms with Gasteiger partial charge in [0.05, 0.1) is 17.0 Å². The van der Waals surface area contributed by atoms with Crippen LogP contribution in [-0.4, -0.2) is 22.7 Å². The summed E-state index contributed by atoms with van der Waals surface area (Å²) in [5, 5.41) is 27.9. The van der Waals surface area contributed by atoms with E-state index < -0.39 is 5.97 Å². The van der Waals surface area contributed by atoms with E-state index in [2.05, 4.69) is 15.8 Å². The van der Waals surface area contributed by atoms with Gasteiger partial charge in [0.1, 0.15) is 0 Å². The second-order valence-electron chi connectivity index (χ2n) is 5.70. The molecule has 26 heavy (non-hydrogen) atoms. The van der Waals surface area contributed by atoms with E-state index >= 15 is 0 Å². The number of carboxylic acid groups (broad SMARTS) is 1. The zero-order valence-corrected chi connectivity index (χ0v) is 14.6. The van der Waals surface area contributed by atoms with Crippen LogP contribution in [0.4, 0.5) is 11.4 Å². The maximum Gasteiger partial charge on any atom is 0.335 e. The van der Waals surface area contributed by atoms with Gasteiger partial charge in [-0.1, -0.05) is 18.7 Å². The molecular formula is C19H20N3O4-. The Labute approximate surface area is 151 Å². The lowest BCUT2D eigenvalue weighted by Crippen LogP contribution is -2.12. The van der Waals surface area contributed by atoms with Crippen LogP contribution < -0.4 is 15.8 Å². The number of benzene rings is 2. The maximum absolute atomic E-state index is 12.1. The SMILES string of the molecule is CCCC(=O)Nc1ccc([O-])c(/C(C)=N/Nc2ccc(C(=O)O)cc2)c1. The van der Waals surface area contributed by atoms with Gasteiger partial charge in [-0.15, -0.1) is 0 Å². The van der Waals surface area contributed by atoms with Crippen LogP contribution in [0.1, 0.15) is 42.6 Å². The molecular weight excluding hydrogens is 334 g/mol. The van der Waals surface area contributed by atoms with Crippen molar-refractivity contribution in [1.82, 2.24) is 0 Å². The summed E-state index contributed by atoms with van der Waals surface area (Å²) in [5.41, 5.74) is 4.91. The highest BCUT2D eigenvalue weighted by molar-refractivity contribution is 6.03. The molecule has 2 rings (SSSR count). The smallest absolute Gasteiger partial charge is 0.335 e. The monoisotopic (exact) mass is 354 g/mol. The summed E-state index contributed by atoms with van der Waals surface area (Å²) in [6.45, 7) is 3.59. The van der Waals surface area contributed by atoms with Gasteiger partial charge in [-0.2, -0.15) is 5.10 Å². The van der Waals surface area contributed by atoms with Crippen LogP contribution >= 0.6 is 0 Å². The Morgan fingerprint density at radius 3 is 2.38 bits per heavy atom. The Bertz CT molecular complexity index is 829. The molecule has 0 spiro atoms. The lowest BCUT2D eigenvalue weighted by Gasteiger charge is -2.15. The van der Waals surface area contributed by atoms with Crippen LogP contribution in [0.5, 0.6) is 5.75 Å². The summed E-state index contributed by atoms with van der Waals surface area (Å²) in [4.78, 5) is 22.5. The fourth-order valence-electron chi connectivity index (χ4n) is 2.24. The molecule has 3 N–H and O–H groups in total. The van der Waals surface area contributed by atoms with E-state index in [9.17, 15) is 14.7 Å². The summed E-state index contributed by atoms with van der Waals surface area (Å²) in [6, 6.07) is 10.6. The van der Waals surface area contributed by atoms with Gasteiger partial charge in [0.25, 0.3) is 0 Å². The van der Waals surface area contributed by atoms with Crippen molar-refractivity contribution in [2.24, 2.45) is 5.10 Å². The number of hydrazone groups is 1. The maximum atomic E-state index is 12.1. The fourth-order valence-corrected chi connectivity index (χ4v) is 2.24. The number of hydrogen-bond acceptors (Lipinski definition) is 5. The van der Waals surface area contributed by atoms with Crippen LogP contribution in [0.25, 0.3) is 0 Å². The first kappa shape index (κ1) is 19.0. The van der Waals surface area contributed by atoms with Gasteiger partial charge in [-0.05, 0) is 55.3 Å². The van der Waals surface area contributed by atoms with Crippen molar-refractivity contribution in [3.05, 3.63) is 53.6 Å². The van der Waals surface area contributed by atoms with Crippen molar-refractivity contribution in [3.63, 3.8) is 0 Å². The van der Waals surface area contributed by atoms with Crippen LogP contribution in [0.3, 0.4) is 0 Å². The van der Waals surface area contributed by atoms with Crippen molar-refractivity contribution in [1.29, 1.82) is 0 Å². The van der Waals surface area contributed by atoms with Gasteiger partial charge < -0.3 is 15.5 Å². The number of hydrogen-bond donors (Lipinski definition) is 3. The Morgan fingerprint density at radius 2 is 1.77 bits per heavy atom. The van der Waals surface area contributed by atoms with Gasteiger partial charge in [0, 0.05) is 12.1 Å². The minimum atomic E-state index is -1.01. The summed E-state index contributed by atoms with van der Waals surface area (Å²) in [7, 11) is 0. The zero-order valence-electron chi connectivity index (χ0n) is 14.6. The van der Waals surface area contributed by atoms with Gasteiger partial charge in [-0.3, -0.25) is 10.2 Å². The standard InChI is InChI=1S/C19H21N3O4/c1-3-4-18(24)20-15-9-10-17(23)16(11-15)12(2)21-22-14-7-5-13(6-8-14)19(25)26/h5-11,22-23H,3-4H2,1-2H3,(H,20,24)(H,25,26)/p-1/b21-12+. The average molecular weight is 354 g/mol. The first-order valence-electron chi connectivity index (χ1n) is 8.15. The molecule has 0 aliphatic heterocycles. The molecule has 0 unspecified atom stereocenters. The third-order valence-electron chi connectivity index (χ3n) is 3.61. The minimum absolute atomic E-state index is 0.108. The van der Waals surface area contributed by atoms with Crippen molar-refractivity contribution in [2.75, 3.05) is 10.7 Å². The van der Waals surface area contributed by atoms with Crippen molar-refractivity contribution in [3.8, 4) is 5.75 Å². The number of rotatable bonds is 7. The molecule has 0 radical (unpaired) electrons. The lowest BCUT2D eigenvalue weighted by molar-refractivity contribution is -0.268. The van der Waals surface area contributed by atoms with Gasteiger partial charge in [0.2, 0.25) is 5.91 Å². The first-order valence-corrected chi connectivity index (χ1v) is 8.15. The Hall–Kier alpha value is -3.35. The number of anilines is 2. The molecule has 0 aliphatic rings. The summed E-state index contributed by atoms with van der Waals surface area (Å²) >= 11 is 0. The van der Waals surface area contributed by atoms with Gasteiger partial charge in [0.15, 0.2) is 0 Å². The third-order valence-corrected chi connectivity index (χ3v) is 3.61. The van der Waals surface area contributed by atoms with E-state index in [4.69, 9.17) is 5.11 Å². The van der Waals surface area contributed by atoms with Crippen LogP contribution in [0.2, 0.25) is 0 Å². The van der Waals surface area contributed by atoms with Crippen molar-refractivity contribution in [2.45, 2.75) is 26.7 Å². The third kappa shape index (κ3) is 5.07. The second kappa shape index (κ2) is 8.66. The number of nitrogens with zero attached hydrogens (tertiary/aromatic N) is 1. The molecule has 7 heteroatoms. The van der Waals surface area contributed by atoms with E-state index in [1.807, 2.05) is 6.92 Å². The molecule has 0 atom stereocenters. The zero-order chi connectivity index (χ0) is 19.1. The highest BCUT2D eigenvalue weighted by Crippen LogP contribution is 2.21. The molecule has 0 heterocycles. The van der Waals surface area contributed by atoms with E-state index in [1.165, 1.54) is 18.2 Å². The molecule has 2 aromatic carbocycles. The number of carbonyl (C=O) groups is 2. The van der Waals surface area contributed by atoms with Gasteiger partial charge >= 0.3 is 5.97 Å². The number of carbonyl (C=O) groups excluding carboxylic acids is 1. The van der Waals surface area contributed by atoms with Crippen molar-refractivity contribution >= 4 is 29.0 Å². The summed E-state index contributed by atoms with van der Waals surface area (Å²) in [5.74, 6) is -1.32. The van der Waals surface area contributed by atoms with Gasteiger partial charge in [-0.25, -0.2) is 4.79 Å². The normalized spacial score (nSPS) is 11.1. The Balaban J connectivity index is 2.14. The molecule has 0 fully saturated rings. The predicted octanol–water partition coefficient (Wildman–Crippen LogP) is 3.03. The highest BCUT2D eigenvalue weighted by atomic mass is 16.4. The number of amides is 1. The quantitative estimate of drug-likeness (QED) is 0.522. The molecule has 0 aliphatic carbocycles. The van der Waals surface area contributed by atoms with Crippen LogP contribution in [0, 0.1) is 0 Å². The fraction of sp³-hybridized carbons (Fsp3) is 0.211. The van der Waals surface area contributed by atoms with E-state index in [0.29, 0.717) is 29.1 Å². The minimum Gasteiger partial charge on any atom is -0.872 e. The number of aromatic carboxylic acids is 1. The number of carboxylic acids is 1. The average Bonchev–Trinajstić information content (AvgIpc) is 2.61. The summed E-state index contributed by atoms with van der Waals surface area (Å²) in [6.07, 6.45) is 1.15. The molecule has 2 aromatic rings. The Morgan fingerprint density at radius 1 is 1.12 bits per heavy atom. The van der Waals surface area contributed by atoms with E-state index in [1.54, 1.807) is 31.2 Å². The lowest BCUT2D eigenvalue weighted by atomic mass is 10.1. The van der Waals surface area contributed by atoms with Crippen LogP contribution in [-0.2, 0) is 4.79 Å². The first-order chi connectivity index (χ1) is 12.4. The van der Waals surface area contributed by atoms with E-state index in [-0.39, 0.29) is 17.2 Å². The summed E-state index contributed by atoms with van der Waals surface area (Å²) < 4.78 is 0. The number of nitrogens with one attached hydrogen (secondary N) is 2. The molecule has 7 nitrogen and oxygen atoms in total. The predicted molar refractivity (Wildman–Crippen MR) is 98.7 cm³/mol. The highest BCUT2D eigenvalue weighted by Gasteiger charge is 2.05. The molecule has 136 valence electrons. The Kier molecular flexibility index (Phi) is 6.32. The second-order valence-corrected chi connectivity index (χ2v) is 5.70. The molecule has 0 saturated heterocycles. The van der Waals surface area contributed by atoms with Crippen LogP contribution in [0.15, 0.2) is 47.6 Å². The molecule has 0 saturated carbocycles. The molecule has 0 aromatic heterocycles. The molecule has 1 amide bonds. The molecule has 0 bridgehead atoms. The van der Waals surface area contributed by atoms with Crippen molar-refractivity contribution < 1.29 is 19.8 Å². The topological polar surface area (TPSA) is 114 Å². The van der Waals surface area contributed by atoms with E-state index in [0.717, 1.165) is 6.42 Å².